The molecule has 0 radical (unpaired) electrons. The van der Waals surface area contributed by atoms with E-state index in [-0.39, 0.29) is 43.7 Å². The van der Waals surface area contributed by atoms with E-state index in [1.165, 1.54) is 17.0 Å². The zero-order chi connectivity index (χ0) is 28.6. The Labute approximate surface area is 221 Å². The van der Waals surface area contributed by atoms with Crippen molar-refractivity contribution in [1.82, 2.24) is 24.6 Å². The number of hydrogen-bond donors (Lipinski definition) is 0. The summed E-state index contributed by atoms with van der Waals surface area (Å²) < 4.78 is 80.3. The lowest BCUT2D eigenvalue weighted by atomic mass is 9.77. The molecule has 39 heavy (non-hydrogen) atoms. The summed E-state index contributed by atoms with van der Waals surface area (Å²) in [5, 5.41) is 3.86. The third-order valence-electron chi connectivity index (χ3n) is 6.88. The van der Waals surface area contributed by atoms with Crippen molar-refractivity contribution in [1.29, 1.82) is 0 Å². The number of aromatic nitrogens is 3. The Bertz CT molecular complexity index is 1490. The first kappa shape index (κ1) is 28.1. The van der Waals surface area contributed by atoms with Crippen LogP contribution in [0.1, 0.15) is 44.7 Å². The molecule has 1 spiro atoms. The number of nitrogens with zero attached hydrogens (tertiary/aromatic N) is 5. The molecule has 2 atom stereocenters. The van der Waals surface area contributed by atoms with Crippen molar-refractivity contribution in [3.63, 3.8) is 0 Å². The number of alkyl halides is 3. The lowest BCUT2D eigenvalue weighted by molar-refractivity contribution is -0.0526. The Balaban J connectivity index is 1.67. The Hall–Kier alpha value is -3.93. The molecular formula is C24H23F4N5O5S. The molecule has 0 N–H and O–H groups in total. The molecule has 15 heteroatoms. The third kappa shape index (κ3) is 5.08. The summed E-state index contributed by atoms with van der Waals surface area (Å²) in [6, 6.07) is 2.78. The van der Waals surface area contributed by atoms with Crippen LogP contribution in [0.15, 0.2) is 54.0 Å². The van der Waals surface area contributed by atoms with Gasteiger partial charge in [-0.1, -0.05) is 6.07 Å². The third-order valence-corrected chi connectivity index (χ3v) is 7.88. The minimum absolute atomic E-state index is 0.00747. The van der Waals surface area contributed by atoms with Crippen molar-refractivity contribution in [2.75, 3.05) is 13.1 Å². The first-order chi connectivity index (χ1) is 18.4. The highest BCUT2D eigenvalue weighted by molar-refractivity contribution is 7.87. The standard InChI is InChI=1S/C24H23F4N5O5S/c1-3-32-19(14-34)13-31(16(2)17-4-5-22(29-10-17)33-12-18(25)11-30-33)21(15-35)23(32)8-6-20(7-9-23)38-39(36,37)24(26,27)28/h4-6,10-12,16H,3,7-9,13H2,1-2H3/t16-,23?/m0/s1. The van der Waals surface area contributed by atoms with E-state index in [9.17, 15) is 35.6 Å². The predicted octanol–water partition coefficient (Wildman–Crippen LogP) is 3.21. The van der Waals surface area contributed by atoms with Gasteiger partial charge < -0.3 is 14.0 Å². The molecule has 2 aliphatic rings. The molecular weight excluding hydrogens is 546 g/mol. The molecule has 10 nitrogen and oxygen atoms in total. The van der Waals surface area contributed by atoms with Gasteiger partial charge in [-0.15, -0.1) is 0 Å². The average Bonchev–Trinajstić information content (AvgIpc) is 3.34. The van der Waals surface area contributed by atoms with Crippen LogP contribution in [0, 0.1) is 5.82 Å². The van der Waals surface area contributed by atoms with Crippen molar-refractivity contribution < 1.29 is 39.8 Å². The summed E-state index contributed by atoms with van der Waals surface area (Å²) >= 11 is 0. The minimum Gasteiger partial charge on any atom is -0.381 e. The molecule has 2 aromatic heterocycles. The molecule has 3 heterocycles. The van der Waals surface area contributed by atoms with Gasteiger partial charge in [-0.3, -0.25) is 0 Å². The maximum absolute atomic E-state index is 13.3. The molecule has 1 aliphatic heterocycles. The SMILES string of the molecule is CCN1C(=C=O)CN([C@@H](C)c2ccc(-n3cc(F)cn3)nc2)C(=C=O)C12CC=C(OS(=O)(=O)C(F)(F)F)CC2. The predicted molar refractivity (Wildman–Crippen MR) is 128 cm³/mol. The van der Waals surface area contributed by atoms with E-state index < -0.39 is 38.8 Å². The number of pyridine rings is 1. The zero-order valence-electron chi connectivity index (χ0n) is 20.8. The molecule has 1 fully saturated rings. The molecule has 1 aliphatic carbocycles. The number of likely N-dealkylation sites (N-methyl/N-ethyl adjacent to an activating group) is 1. The van der Waals surface area contributed by atoms with Crippen LogP contribution in [0.4, 0.5) is 17.6 Å². The second-order valence-electron chi connectivity index (χ2n) is 8.99. The first-order valence-corrected chi connectivity index (χ1v) is 13.2. The van der Waals surface area contributed by atoms with Crippen LogP contribution in [-0.2, 0) is 23.9 Å². The quantitative estimate of drug-likeness (QED) is 0.224. The van der Waals surface area contributed by atoms with Crippen LogP contribution >= 0.6 is 0 Å². The van der Waals surface area contributed by atoms with Crippen LogP contribution in [0.25, 0.3) is 5.82 Å². The first-order valence-electron chi connectivity index (χ1n) is 11.8. The van der Waals surface area contributed by atoms with Crippen molar-refractivity contribution in [2.24, 2.45) is 0 Å². The maximum atomic E-state index is 13.3. The number of hydrogen-bond acceptors (Lipinski definition) is 9. The monoisotopic (exact) mass is 569 g/mol. The molecule has 0 saturated carbocycles. The van der Waals surface area contributed by atoms with Crippen molar-refractivity contribution >= 4 is 22.0 Å². The Morgan fingerprint density at radius 1 is 1.21 bits per heavy atom. The molecule has 0 aromatic carbocycles. The Kier molecular flexibility index (Phi) is 7.44. The van der Waals surface area contributed by atoms with E-state index in [2.05, 4.69) is 14.3 Å². The molecule has 0 bridgehead atoms. The smallest absolute Gasteiger partial charge is 0.381 e. The molecule has 0 amide bonds. The van der Waals surface area contributed by atoms with Gasteiger partial charge in [-0.25, -0.2) is 23.6 Å². The van der Waals surface area contributed by atoms with Gasteiger partial charge in [0.1, 0.15) is 29.0 Å². The van der Waals surface area contributed by atoms with Gasteiger partial charge in [0.2, 0.25) is 0 Å². The lowest BCUT2D eigenvalue weighted by Gasteiger charge is -2.54. The van der Waals surface area contributed by atoms with Gasteiger partial charge in [0.15, 0.2) is 11.6 Å². The largest absolute Gasteiger partial charge is 0.534 e. The van der Waals surface area contributed by atoms with Crippen molar-refractivity contribution in [3.05, 3.63) is 65.3 Å². The Morgan fingerprint density at radius 2 is 1.95 bits per heavy atom. The topological polar surface area (TPSA) is 115 Å². The average molecular weight is 570 g/mol. The molecule has 2 aromatic rings. The zero-order valence-corrected chi connectivity index (χ0v) is 21.6. The fourth-order valence-electron chi connectivity index (χ4n) is 4.97. The second kappa shape index (κ2) is 10.3. The number of rotatable bonds is 6. The van der Waals surface area contributed by atoms with Gasteiger partial charge >= 0.3 is 15.6 Å². The summed E-state index contributed by atoms with van der Waals surface area (Å²) in [7, 11) is -5.85. The van der Waals surface area contributed by atoms with E-state index in [4.69, 9.17) is 0 Å². The molecule has 4 rings (SSSR count). The summed E-state index contributed by atoms with van der Waals surface area (Å²) in [4.78, 5) is 32.0. The Morgan fingerprint density at radius 3 is 2.44 bits per heavy atom. The number of halogens is 4. The van der Waals surface area contributed by atoms with Gasteiger partial charge in [-0.05, 0) is 44.4 Å². The summed E-state index contributed by atoms with van der Waals surface area (Å²) in [6.45, 7) is 3.76. The van der Waals surface area contributed by atoms with Crippen molar-refractivity contribution in [3.8, 4) is 5.82 Å². The number of carbonyl (C=O) groups excluding carboxylic acids is 2. The highest BCUT2D eigenvalue weighted by Crippen LogP contribution is 2.47. The van der Waals surface area contributed by atoms with Gasteiger partial charge in [0.05, 0.1) is 30.5 Å². The highest BCUT2D eigenvalue weighted by atomic mass is 32.2. The molecule has 208 valence electrons. The minimum atomic E-state index is -5.85. The van der Waals surface area contributed by atoms with E-state index in [1.54, 1.807) is 35.8 Å². The van der Waals surface area contributed by atoms with E-state index in [0.29, 0.717) is 11.4 Å². The fourth-order valence-corrected chi connectivity index (χ4v) is 5.50. The van der Waals surface area contributed by atoms with Crippen LogP contribution in [0.5, 0.6) is 0 Å². The fraction of sp³-hybridized carbons (Fsp3) is 0.417. The van der Waals surface area contributed by atoms with Crippen LogP contribution in [0.2, 0.25) is 0 Å². The van der Waals surface area contributed by atoms with Crippen LogP contribution in [-0.4, -0.2) is 69.0 Å². The lowest BCUT2D eigenvalue weighted by Crippen LogP contribution is -2.60. The van der Waals surface area contributed by atoms with Gasteiger partial charge in [-0.2, -0.15) is 26.7 Å². The number of allylic oxidation sites excluding steroid dienone is 1. The van der Waals surface area contributed by atoms with Crippen LogP contribution < -0.4 is 0 Å². The maximum Gasteiger partial charge on any atom is 0.534 e. The van der Waals surface area contributed by atoms with E-state index in [1.807, 2.05) is 11.9 Å². The van der Waals surface area contributed by atoms with Gasteiger partial charge in [0, 0.05) is 19.2 Å². The number of piperazine rings is 1. The highest BCUT2D eigenvalue weighted by Gasteiger charge is 2.52. The van der Waals surface area contributed by atoms with Crippen molar-refractivity contribution in [2.45, 2.75) is 50.2 Å². The molecule has 1 saturated heterocycles. The van der Waals surface area contributed by atoms with Gasteiger partial charge in [0.25, 0.3) is 0 Å². The summed E-state index contributed by atoms with van der Waals surface area (Å²) in [5.41, 5.74) is -5.81. The van der Waals surface area contributed by atoms with E-state index in [0.717, 1.165) is 12.4 Å². The van der Waals surface area contributed by atoms with Crippen LogP contribution in [0.3, 0.4) is 0 Å². The summed E-state index contributed by atoms with van der Waals surface area (Å²) in [6.07, 6.45) is 4.49. The van der Waals surface area contributed by atoms with E-state index >= 15 is 0 Å². The second-order valence-corrected chi connectivity index (χ2v) is 10.5. The summed E-state index contributed by atoms with van der Waals surface area (Å²) in [5.74, 6) is 3.28. The normalized spacial score (nSPS) is 20.9. The molecule has 1 unspecified atom stereocenters.